The zero-order valence-corrected chi connectivity index (χ0v) is 25.3. The van der Waals surface area contributed by atoms with Gasteiger partial charge in [-0.05, 0) is 64.0 Å². The smallest absolute Gasteiger partial charge is 0.407 e. The van der Waals surface area contributed by atoms with Crippen molar-refractivity contribution in [3.63, 3.8) is 0 Å². The number of benzene rings is 1. The van der Waals surface area contributed by atoms with Gasteiger partial charge < -0.3 is 31.1 Å². The molecule has 222 valence electrons. The van der Waals surface area contributed by atoms with Gasteiger partial charge in [0.25, 0.3) is 5.91 Å². The Morgan fingerprint density at radius 2 is 1.82 bits per heavy atom. The maximum absolute atomic E-state index is 13.5. The monoisotopic (exact) mass is 594 g/mol. The molecule has 0 unspecified atom stereocenters. The summed E-state index contributed by atoms with van der Waals surface area (Å²) >= 11 is 5.82. The van der Waals surface area contributed by atoms with E-state index in [9.17, 15) is 24.3 Å². The quantitative estimate of drug-likeness (QED) is 0.110. The van der Waals surface area contributed by atoms with Crippen molar-refractivity contribution in [3.8, 4) is 0 Å². The third kappa shape index (κ3) is 9.88. The molecule has 40 heavy (non-hydrogen) atoms. The molecule has 1 aromatic rings. The zero-order valence-electron chi connectivity index (χ0n) is 23.6. The number of thiol groups is 1. The molecule has 1 saturated heterocycles. The molecular formula is C28H42N4O6S2. The summed E-state index contributed by atoms with van der Waals surface area (Å²) in [5, 5.41) is 22.0. The Balaban J connectivity index is 1.66. The van der Waals surface area contributed by atoms with Gasteiger partial charge in [0.15, 0.2) is 0 Å². The first-order valence-corrected chi connectivity index (χ1v) is 15.0. The topological polar surface area (TPSA) is 146 Å². The summed E-state index contributed by atoms with van der Waals surface area (Å²) in [5.41, 5.74) is 0. The number of carbonyl (C=O) groups excluding carboxylic acids is 4. The van der Waals surface area contributed by atoms with Crippen molar-refractivity contribution in [1.82, 2.24) is 21.3 Å². The maximum Gasteiger partial charge on any atom is 0.407 e. The lowest BCUT2D eigenvalue weighted by Crippen LogP contribution is -2.61. The van der Waals surface area contributed by atoms with Crippen LogP contribution in [0.5, 0.6) is 0 Å². The molecule has 4 atom stereocenters. The maximum atomic E-state index is 13.5. The van der Waals surface area contributed by atoms with E-state index < -0.39 is 45.6 Å². The van der Waals surface area contributed by atoms with Crippen molar-refractivity contribution in [2.75, 3.05) is 13.2 Å². The van der Waals surface area contributed by atoms with E-state index in [0.29, 0.717) is 19.4 Å². The molecule has 5 N–H and O–H groups in total. The Morgan fingerprint density at radius 1 is 1.15 bits per heavy atom. The van der Waals surface area contributed by atoms with E-state index in [-0.39, 0.29) is 30.9 Å². The Kier molecular flexibility index (Phi) is 11.2. The molecule has 3 rings (SSSR count). The molecule has 12 heteroatoms. The van der Waals surface area contributed by atoms with Crippen LogP contribution in [0.25, 0.3) is 0 Å². The second-order valence-corrected chi connectivity index (χ2v) is 14.1. The van der Waals surface area contributed by atoms with Crippen molar-refractivity contribution in [1.29, 1.82) is 0 Å². The molecule has 1 aliphatic carbocycles. The van der Waals surface area contributed by atoms with Crippen LogP contribution < -0.4 is 21.3 Å². The third-order valence-electron chi connectivity index (χ3n) is 6.74. The largest absolute Gasteiger partial charge is 0.448 e. The van der Waals surface area contributed by atoms with E-state index in [1.807, 2.05) is 58.0 Å². The predicted molar refractivity (Wildman–Crippen MR) is 157 cm³/mol. The highest BCUT2D eigenvalue weighted by molar-refractivity contribution is 8.00. The summed E-state index contributed by atoms with van der Waals surface area (Å²) in [5.74, 6) is -1.99. The van der Waals surface area contributed by atoms with Gasteiger partial charge in [-0.3, -0.25) is 14.4 Å². The minimum atomic E-state index is -2.26. The van der Waals surface area contributed by atoms with Gasteiger partial charge in [0.1, 0.15) is 12.6 Å². The van der Waals surface area contributed by atoms with Crippen LogP contribution in [-0.4, -0.2) is 69.9 Å². The van der Waals surface area contributed by atoms with Crippen LogP contribution in [0.15, 0.2) is 35.2 Å². The van der Waals surface area contributed by atoms with Gasteiger partial charge in [0.2, 0.25) is 16.7 Å². The van der Waals surface area contributed by atoms with E-state index in [0.717, 1.165) is 17.7 Å². The summed E-state index contributed by atoms with van der Waals surface area (Å²) in [6.45, 7) is 8.31. The zero-order chi connectivity index (χ0) is 29.5. The molecule has 0 aromatic heterocycles. The lowest BCUT2D eigenvalue weighted by Gasteiger charge is -2.34. The molecule has 1 aliphatic heterocycles. The van der Waals surface area contributed by atoms with Gasteiger partial charge in [-0.25, -0.2) is 4.79 Å². The highest BCUT2D eigenvalue weighted by Gasteiger charge is 2.46. The number of ether oxygens (including phenoxy) is 1. The summed E-state index contributed by atoms with van der Waals surface area (Å²) in [6, 6.07) is 7.57. The van der Waals surface area contributed by atoms with Gasteiger partial charge in [-0.1, -0.05) is 32.0 Å². The van der Waals surface area contributed by atoms with E-state index in [1.165, 1.54) is 0 Å². The summed E-state index contributed by atoms with van der Waals surface area (Å²) in [7, 11) is 0. The van der Waals surface area contributed by atoms with Gasteiger partial charge in [0, 0.05) is 28.1 Å². The Bertz CT molecular complexity index is 1050. The molecule has 4 amide bonds. The average Bonchev–Trinajstić information content (AvgIpc) is 3.60. The highest BCUT2D eigenvalue weighted by atomic mass is 32.2. The Hall–Kier alpha value is -2.44. The summed E-state index contributed by atoms with van der Waals surface area (Å²) < 4.78 is 5.07. The molecule has 1 aromatic carbocycles. The van der Waals surface area contributed by atoms with Crippen molar-refractivity contribution in [2.45, 2.75) is 92.5 Å². The Labute approximate surface area is 245 Å². The van der Waals surface area contributed by atoms with Crippen LogP contribution in [0, 0.1) is 11.8 Å². The fourth-order valence-corrected chi connectivity index (χ4v) is 5.68. The third-order valence-corrected chi connectivity index (χ3v) is 8.43. The lowest BCUT2D eigenvalue weighted by atomic mass is 9.93. The minimum absolute atomic E-state index is 0.0133. The minimum Gasteiger partial charge on any atom is -0.448 e. The number of thioether (sulfide) groups is 1. The van der Waals surface area contributed by atoms with Crippen molar-refractivity contribution in [2.24, 2.45) is 11.8 Å². The number of alkyl carbamates (subject to hydrolysis) is 1. The van der Waals surface area contributed by atoms with Crippen LogP contribution in [0.2, 0.25) is 0 Å². The number of nitrogens with one attached hydrogen (secondary N) is 4. The molecule has 2 fully saturated rings. The van der Waals surface area contributed by atoms with Crippen molar-refractivity contribution >= 4 is 48.2 Å². The van der Waals surface area contributed by atoms with Gasteiger partial charge in [0.05, 0.1) is 6.04 Å². The van der Waals surface area contributed by atoms with Gasteiger partial charge in [-0.2, -0.15) is 0 Å². The van der Waals surface area contributed by atoms with Crippen LogP contribution in [-0.2, 0) is 19.1 Å². The van der Waals surface area contributed by atoms with Crippen LogP contribution in [0.4, 0.5) is 4.79 Å². The molecule has 1 saturated carbocycles. The predicted octanol–water partition coefficient (Wildman–Crippen LogP) is 2.61. The number of hydrogen-bond donors (Lipinski definition) is 6. The SMILES string of the molecule is CC(C)C[C@H](NC(=O)OCC(C)(C)Sc1ccccc1)C(=O)N[C@@H](C[C@@H]1CCNC1=O)[C@](O)(S)C(=O)NC1CC1. The summed E-state index contributed by atoms with van der Waals surface area (Å²) in [6.07, 6.45) is 1.68. The number of hydrogen-bond acceptors (Lipinski definition) is 8. The first-order chi connectivity index (χ1) is 18.8. The van der Waals surface area contributed by atoms with Gasteiger partial charge in [-0.15, -0.1) is 24.4 Å². The first-order valence-electron chi connectivity index (χ1n) is 13.8. The Morgan fingerprint density at radius 3 is 2.40 bits per heavy atom. The number of aliphatic hydroxyl groups is 1. The second kappa shape index (κ2) is 14.0. The van der Waals surface area contributed by atoms with E-state index in [1.54, 1.807) is 11.8 Å². The molecule has 0 bridgehead atoms. The number of carbonyl (C=O) groups is 4. The van der Waals surface area contributed by atoms with Crippen molar-refractivity contribution < 1.29 is 29.0 Å². The summed E-state index contributed by atoms with van der Waals surface area (Å²) in [4.78, 5) is 50.1. The fourth-order valence-electron chi connectivity index (χ4n) is 4.39. The lowest BCUT2D eigenvalue weighted by molar-refractivity contribution is -0.137. The van der Waals surface area contributed by atoms with Crippen LogP contribution >= 0.6 is 24.4 Å². The van der Waals surface area contributed by atoms with Crippen LogP contribution in [0.1, 0.15) is 59.8 Å². The molecule has 0 spiro atoms. The normalized spacial score (nSPS) is 20.2. The first kappa shape index (κ1) is 32.1. The number of amides is 4. The van der Waals surface area contributed by atoms with Crippen molar-refractivity contribution in [3.05, 3.63) is 30.3 Å². The second-order valence-electron chi connectivity index (χ2n) is 11.6. The van der Waals surface area contributed by atoms with E-state index in [2.05, 4.69) is 33.9 Å². The number of rotatable bonds is 14. The van der Waals surface area contributed by atoms with E-state index >= 15 is 0 Å². The molecular weight excluding hydrogens is 552 g/mol. The molecule has 0 radical (unpaired) electrons. The highest BCUT2D eigenvalue weighted by Crippen LogP contribution is 2.32. The standard InChI is InChI=1S/C28H42N4O6S2/c1-17(2)14-21(31-26(36)38-16-27(3,4)40-20-8-6-5-7-9-20)24(34)32-22(15-18-12-13-29-23(18)33)28(37,39)25(35)30-19-10-11-19/h5-9,17-19,21-22,37,39H,10-16H2,1-4H3,(H,29,33)(H,30,35)(H,31,36)(H,32,34)/t18-,21-,22-,28-/m0/s1. The molecule has 2 aliphatic rings. The average molecular weight is 595 g/mol. The van der Waals surface area contributed by atoms with Crippen LogP contribution in [0.3, 0.4) is 0 Å². The van der Waals surface area contributed by atoms with E-state index in [4.69, 9.17) is 4.74 Å². The van der Waals surface area contributed by atoms with Gasteiger partial charge >= 0.3 is 6.09 Å². The molecule has 10 nitrogen and oxygen atoms in total. The fraction of sp³-hybridized carbons (Fsp3) is 0.643. The molecule has 1 heterocycles.